The number of para-hydroxylation sites is 1. The van der Waals surface area contributed by atoms with Crippen molar-refractivity contribution in [2.24, 2.45) is 0 Å². The molecule has 0 bridgehead atoms. The molecule has 0 saturated heterocycles. The van der Waals surface area contributed by atoms with Gasteiger partial charge in [-0.15, -0.1) is 0 Å². The number of fused-ring (bicyclic) bond motifs is 3. The first-order valence-electron chi connectivity index (χ1n) is 8.98. The lowest BCUT2D eigenvalue weighted by molar-refractivity contribution is -0.168. The van der Waals surface area contributed by atoms with Gasteiger partial charge in [0.15, 0.2) is 5.82 Å². The van der Waals surface area contributed by atoms with Crippen LogP contribution in [0.2, 0.25) is 0 Å². The lowest BCUT2D eigenvalue weighted by Crippen LogP contribution is -2.25. The summed E-state index contributed by atoms with van der Waals surface area (Å²) in [6, 6.07) is 7.84. The van der Waals surface area contributed by atoms with Crippen molar-refractivity contribution in [3.05, 3.63) is 30.1 Å². The van der Waals surface area contributed by atoms with E-state index in [1.165, 1.54) is 12.2 Å². The number of aryl methyl sites for hydroxylation is 1. The SMILES string of the molecule is CCOCc1nc2c(N)nc3ccccc3c2n1CCCC(=O)N(C)OC. The molecule has 3 rings (SSSR count). The molecule has 0 aliphatic rings. The van der Waals surface area contributed by atoms with Crippen LogP contribution in [0.3, 0.4) is 0 Å². The molecule has 0 saturated carbocycles. The van der Waals surface area contributed by atoms with Crippen LogP contribution in [0.25, 0.3) is 21.9 Å². The Kier molecular flexibility index (Phi) is 5.88. The molecule has 144 valence electrons. The van der Waals surface area contributed by atoms with Crippen LogP contribution in [0.1, 0.15) is 25.6 Å². The van der Waals surface area contributed by atoms with Gasteiger partial charge < -0.3 is 15.0 Å². The lowest BCUT2D eigenvalue weighted by Gasteiger charge is -2.14. The molecule has 2 aromatic heterocycles. The Bertz CT molecular complexity index is 953. The molecule has 8 heteroatoms. The van der Waals surface area contributed by atoms with Crippen LogP contribution in [-0.2, 0) is 27.5 Å². The Morgan fingerprint density at radius 3 is 2.81 bits per heavy atom. The normalized spacial score (nSPS) is 11.4. The predicted molar refractivity (Wildman–Crippen MR) is 104 cm³/mol. The van der Waals surface area contributed by atoms with E-state index in [9.17, 15) is 4.79 Å². The van der Waals surface area contributed by atoms with E-state index in [0.717, 1.165) is 22.2 Å². The Morgan fingerprint density at radius 2 is 2.07 bits per heavy atom. The largest absolute Gasteiger partial charge is 0.382 e. The van der Waals surface area contributed by atoms with Gasteiger partial charge in [0.1, 0.15) is 17.9 Å². The summed E-state index contributed by atoms with van der Waals surface area (Å²) in [5.74, 6) is 1.11. The summed E-state index contributed by atoms with van der Waals surface area (Å²) < 4.78 is 7.67. The number of hydroxylamine groups is 2. The summed E-state index contributed by atoms with van der Waals surface area (Å²) in [5.41, 5.74) is 8.58. The van der Waals surface area contributed by atoms with Gasteiger partial charge in [0.05, 0.1) is 18.1 Å². The highest BCUT2D eigenvalue weighted by Gasteiger charge is 2.18. The maximum Gasteiger partial charge on any atom is 0.245 e. The van der Waals surface area contributed by atoms with Crippen molar-refractivity contribution in [1.29, 1.82) is 0 Å². The molecule has 1 aromatic carbocycles. The van der Waals surface area contributed by atoms with Gasteiger partial charge in [-0.1, -0.05) is 18.2 Å². The van der Waals surface area contributed by atoms with Crippen LogP contribution in [0, 0.1) is 0 Å². The molecule has 0 radical (unpaired) electrons. The smallest absolute Gasteiger partial charge is 0.245 e. The molecule has 27 heavy (non-hydrogen) atoms. The minimum atomic E-state index is -0.0701. The van der Waals surface area contributed by atoms with Crippen molar-refractivity contribution < 1.29 is 14.4 Å². The number of aromatic nitrogens is 3. The number of nitrogens with zero attached hydrogens (tertiary/aromatic N) is 4. The number of amides is 1. The summed E-state index contributed by atoms with van der Waals surface area (Å²) in [6.45, 7) is 3.53. The Hall–Kier alpha value is -2.71. The Morgan fingerprint density at radius 1 is 1.30 bits per heavy atom. The number of anilines is 1. The molecule has 0 aliphatic heterocycles. The minimum absolute atomic E-state index is 0.0701. The molecule has 0 aliphatic carbocycles. The van der Waals surface area contributed by atoms with Gasteiger partial charge in [0.25, 0.3) is 0 Å². The van der Waals surface area contributed by atoms with E-state index in [1.807, 2.05) is 31.2 Å². The number of imidazole rings is 1. The van der Waals surface area contributed by atoms with Crippen LogP contribution >= 0.6 is 0 Å². The van der Waals surface area contributed by atoms with Crippen molar-refractivity contribution in [3.8, 4) is 0 Å². The summed E-state index contributed by atoms with van der Waals surface area (Å²) in [4.78, 5) is 26.1. The van der Waals surface area contributed by atoms with Crippen LogP contribution in [0.5, 0.6) is 0 Å². The van der Waals surface area contributed by atoms with Crippen molar-refractivity contribution >= 4 is 33.7 Å². The second-order valence-electron chi connectivity index (χ2n) is 6.21. The average molecular weight is 371 g/mol. The maximum atomic E-state index is 12.0. The zero-order valence-corrected chi connectivity index (χ0v) is 15.9. The van der Waals surface area contributed by atoms with E-state index < -0.39 is 0 Å². The first-order valence-corrected chi connectivity index (χ1v) is 8.98. The number of benzene rings is 1. The fourth-order valence-corrected chi connectivity index (χ4v) is 3.10. The third-order valence-electron chi connectivity index (χ3n) is 4.52. The van der Waals surface area contributed by atoms with Crippen molar-refractivity contribution in [2.75, 3.05) is 26.5 Å². The first-order chi connectivity index (χ1) is 13.1. The quantitative estimate of drug-likeness (QED) is 0.611. The van der Waals surface area contributed by atoms with E-state index in [2.05, 4.69) is 14.5 Å². The van der Waals surface area contributed by atoms with E-state index in [4.69, 9.17) is 15.3 Å². The first kappa shape index (κ1) is 19.1. The van der Waals surface area contributed by atoms with E-state index in [1.54, 1.807) is 7.05 Å². The number of nitrogen functional groups attached to an aromatic ring is 1. The van der Waals surface area contributed by atoms with Crippen molar-refractivity contribution in [2.45, 2.75) is 32.9 Å². The van der Waals surface area contributed by atoms with Gasteiger partial charge in [0, 0.05) is 32.0 Å². The van der Waals surface area contributed by atoms with Gasteiger partial charge in [0.2, 0.25) is 5.91 Å². The number of hydrogen-bond donors (Lipinski definition) is 1. The van der Waals surface area contributed by atoms with E-state index >= 15 is 0 Å². The molecule has 1 amide bonds. The Labute approximate surface area is 157 Å². The molecule has 0 fully saturated rings. The van der Waals surface area contributed by atoms with Gasteiger partial charge in [-0.3, -0.25) is 9.63 Å². The maximum absolute atomic E-state index is 12.0. The van der Waals surface area contributed by atoms with Crippen LogP contribution in [0.4, 0.5) is 5.82 Å². The third kappa shape index (κ3) is 3.86. The predicted octanol–water partition coefficient (Wildman–Crippen LogP) is 2.50. The highest BCUT2D eigenvalue weighted by molar-refractivity contribution is 6.06. The number of carbonyl (C=O) groups is 1. The van der Waals surface area contributed by atoms with Crippen LogP contribution < -0.4 is 5.73 Å². The van der Waals surface area contributed by atoms with Crippen LogP contribution in [-0.4, -0.2) is 46.3 Å². The monoisotopic (exact) mass is 371 g/mol. The fourth-order valence-electron chi connectivity index (χ4n) is 3.10. The zero-order valence-electron chi connectivity index (χ0n) is 15.9. The number of hydrogen-bond acceptors (Lipinski definition) is 6. The van der Waals surface area contributed by atoms with Crippen molar-refractivity contribution in [3.63, 3.8) is 0 Å². The molecular weight excluding hydrogens is 346 g/mol. The number of nitrogens with two attached hydrogens (primary N) is 1. The summed E-state index contributed by atoms with van der Waals surface area (Å²) in [7, 11) is 3.08. The number of ether oxygens (including phenoxy) is 1. The molecule has 3 aromatic rings. The molecule has 2 N–H and O–H groups in total. The lowest BCUT2D eigenvalue weighted by atomic mass is 10.2. The number of carbonyl (C=O) groups excluding carboxylic acids is 1. The highest BCUT2D eigenvalue weighted by Crippen LogP contribution is 2.29. The van der Waals surface area contributed by atoms with E-state index in [-0.39, 0.29) is 5.91 Å². The fraction of sp³-hybridized carbons (Fsp3) is 0.421. The Balaban J connectivity index is 2.00. The topological polar surface area (TPSA) is 95.5 Å². The molecular formula is C19H25N5O3. The highest BCUT2D eigenvalue weighted by atomic mass is 16.7. The van der Waals surface area contributed by atoms with Gasteiger partial charge >= 0.3 is 0 Å². The second-order valence-corrected chi connectivity index (χ2v) is 6.21. The van der Waals surface area contributed by atoms with Gasteiger partial charge in [-0.25, -0.2) is 15.0 Å². The minimum Gasteiger partial charge on any atom is -0.382 e. The second kappa shape index (κ2) is 8.32. The van der Waals surface area contributed by atoms with Crippen LogP contribution in [0.15, 0.2) is 24.3 Å². The number of rotatable bonds is 8. The molecule has 8 nitrogen and oxygen atoms in total. The molecule has 0 atom stereocenters. The zero-order chi connectivity index (χ0) is 19.4. The average Bonchev–Trinajstić information content (AvgIpc) is 3.05. The van der Waals surface area contributed by atoms with E-state index in [0.29, 0.717) is 43.9 Å². The molecule has 0 spiro atoms. The van der Waals surface area contributed by atoms with Gasteiger partial charge in [-0.05, 0) is 19.4 Å². The summed E-state index contributed by atoms with van der Waals surface area (Å²) in [6.07, 6.45) is 1.02. The summed E-state index contributed by atoms with van der Waals surface area (Å²) in [5, 5.41) is 2.22. The van der Waals surface area contributed by atoms with Gasteiger partial charge in [-0.2, -0.15) is 0 Å². The number of pyridine rings is 1. The summed E-state index contributed by atoms with van der Waals surface area (Å²) >= 11 is 0. The third-order valence-corrected chi connectivity index (χ3v) is 4.52. The standard InChI is InChI=1S/C19H25N5O3/c1-4-27-12-15-22-17-18(13-8-5-6-9-14(13)21-19(17)20)24(15)11-7-10-16(25)23(2)26-3/h5-6,8-9H,4,7,10-12H2,1-3H3,(H2,20,21). The molecule has 2 heterocycles. The molecule has 0 unspecified atom stereocenters. The van der Waals surface area contributed by atoms with Crippen molar-refractivity contribution in [1.82, 2.24) is 19.6 Å².